The van der Waals surface area contributed by atoms with Gasteiger partial charge in [-0.05, 0) is 12.1 Å². The second-order valence-electron chi connectivity index (χ2n) is 3.54. The van der Waals surface area contributed by atoms with Gasteiger partial charge in [-0.25, -0.2) is 0 Å². The van der Waals surface area contributed by atoms with E-state index in [0.29, 0.717) is 6.54 Å². The SMILES string of the molecule is CNC(=O)Cn1ccc2c(C=N)cccc21. The summed E-state index contributed by atoms with van der Waals surface area (Å²) in [6.45, 7) is 0.307. The molecule has 0 aliphatic heterocycles. The van der Waals surface area contributed by atoms with Crippen LogP contribution in [0.25, 0.3) is 10.9 Å². The number of rotatable bonds is 3. The quantitative estimate of drug-likeness (QED) is 0.747. The number of hydrogen-bond acceptors (Lipinski definition) is 2. The van der Waals surface area contributed by atoms with Crippen molar-refractivity contribution in [3.63, 3.8) is 0 Å². The lowest BCUT2D eigenvalue weighted by atomic mass is 10.1. The zero-order valence-corrected chi connectivity index (χ0v) is 9.03. The highest BCUT2D eigenvalue weighted by atomic mass is 16.1. The van der Waals surface area contributed by atoms with Gasteiger partial charge in [-0.15, -0.1) is 0 Å². The highest BCUT2D eigenvalue weighted by Crippen LogP contribution is 2.18. The van der Waals surface area contributed by atoms with Crippen molar-refractivity contribution < 1.29 is 4.79 Å². The van der Waals surface area contributed by atoms with Gasteiger partial charge in [-0.3, -0.25) is 4.79 Å². The fourth-order valence-electron chi connectivity index (χ4n) is 1.74. The van der Waals surface area contributed by atoms with Crippen LogP contribution >= 0.6 is 0 Å². The molecule has 4 nitrogen and oxygen atoms in total. The molecule has 0 aliphatic rings. The molecular weight excluding hydrogens is 202 g/mol. The first-order valence-corrected chi connectivity index (χ1v) is 5.05. The molecule has 82 valence electrons. The van der Waals surface area contributed by atoms with Gasteiger partial charge in [0.05, 0.1) is 0 Å². The van der Waals surface area contributed by atoms with E-state index >= 15 is 0 Å². The Morgan fingerprint density at radius 2 is 2.31 bits per heavy atom. The summed E-state index contributed by atoms with van der Waals surface area (Å²) in [6, 6.07) is 7.66. The van der Waals surface area contributed by atoms with Gasteiger partial charge in [0.25, 0.3) is 0 Å². The average molecular weight is 215 g/mol. The van der Waals surface area contributed by atoms with Gasteiger partial charge >= 0.3 is 0 Å². The Balaban J connectivity index is 2.49. The summed E-state index contributed by atoms with van der Waals surface area (Å²) in [5.41, 5.74) is 1.85. The van der Waals surface area contributed by atoms with E-state index in [0.717, 1.165) is 16.5 Å². The third kappa shape index (κ3) is 1.69. The van der Waals surface area contributed by atoms with Crippen LogP contribution in [0.2, 0.25) is 0 Å². The Morgan fingerprint density at radius 1 is 1.50 bits per heavy atom. The monoisotopic (exact) mass is 215 g/mol. The van der Waals surface area contributed by atoms with Crippen LogP contribution in [-0.4, -0.2) is 23.7 Å². The highest BCUT2D eigenvalue weighted by Gasteiger charge is 2.06. The largest absolute Gasteiger partial charge is 0.358 e. The second-order valence-corrected chi connectivity index (χ2v) is 3.54. The molecule has 4 heteroatoms. The van der Waals surface area contributed by atoms with Crippen LogP contribution in [0.15, 0.2) is 30.5 Å². The molecule has 1 aromatic heterocycles. The molecular formula is C12H13N3O. The Labute approximate surface area is 93.4 Å². The maximum absolute atomic E-state index is 11.3. The summed E-state index contributed by atoms with van der Waals surface area (Å²) in [5.74, 6) is -0.0299. The molecule has 0 fully saturated rings. The standard InChI is InChI=1S/C12H13N3O/c1-14-12(16)8-15-6-5-10-9(7-13)3-2-4-11(10)15/h2-7,13H,8H2,1H3,(H,14,16). The first-order valence-electron chi connectivity index (χ1n) is 5.05. The molecule has 0 atom stereocenters. The molecule has 2 rings (SSSR count). The van der Waals surface area contributed by atoms with Crippen LogP contribution < -0.4 is 5.32 Å². The normalized spacial score (nSPS) is 10.3. The van der Waals surface area contributed by atoms with Crippen molar-refractivity contribution in [1.29, 1.82) is 5.41 Å². The number of nitrogens with zero attached hydrogens (tertiary/aromatic N) is 1. The minimum atomic E-state index is -0.0299. The first-order chi connectivity index (χ1) is 7.76. The number of fused-ring (bicyclic) bond motifs is 1. The molecule has 0 unspecified atom stereocenters. The average Bonchev–Trinajstić information content (AvgIpc) is 2.72. The molecule has 2 N–H and O–H groups in total. The first kappa shape index (κ1) is 10.4. The van der Waals surface area contributed by atoms with Gasteiger partial charge in [-0.1, -0.05) is 12.1 Å². The van der Waals surface area contributed by atoms with E-state index in [4.69, 9.17) is 5.41 Å². The van der Waals surface area contributed by atoms with Gasteiger partial charge in [0.1, 0.15) is 6.54 Å². The van der Waals surface area contributed by atoms with E-state index in [-0.39, 0.29) is 5.91 Å². The minimum absolute atomic E-state index is 0.0299. The van der Waals surface area contributed by atoms with Crippen molar-refractivity contribution in [2.24, 2.45) is 0 Å². The number of carbonyl (C=O) groups excluding carboxylic acids is 1. The van der Waals surface area contributed by atoms with Crippen molar-refractivity contribution >= 4 is 23.0 Å². The Bertz CT molecular complexity index is 542. The molecule has 0 aliphatic carbocycles. The molecule has 0 saturated heterocycles. The Hall–Kier alpha value is -2.10. The molecule has 2 aromatic rings. The van der Waals surface area contributed by atoms with Crippen molar-refractivity contribution in [3.8, 4) is 0 Å². The van der Waals surface area contributed by atoms with Crippen LogP contribution in [0, 0.1) is 5.41 Å². The number of carbonyl (C=O) groups is 1. The number of benzene rings is 1. The zero-order valence-electron chi connectivity index (χ0n) is 9.03. The van der Waals surface area contributed by atoms with Gasteiger partial charge < -0.3 is 15.3 Å². The summed E-state index contributed by atoms with van der Waals surface area (Å²) >= 11 is 0. The Kier molecular flexibility index (Phi) is 2.72. The molecule has 0 bridgehead atoms. The molecule has 0 radical (unpaired) electrons. The highest BCUT2D eigenvalue weighted by molar-refractivity contribution is 5.98. The molecule has 0 spiro atoms. The zero-order chi connectivity index (χ0) is 11.5. The predicted molar refractivity (Wildman–Crippen MR) is 63.9 cm³/mol. The van der Waals surface area contributed by atoms with Crippen LogP contribution in [0.4, 0.5) is 0 Å². The van der Waals surface area contributed by atoms with Gasteiger partial charge in [-0.2, -0.15) is 0 Å². The maximum Gasteiger partial charge on any atom is 0.239 e. The minimum Gasteiger partial charge on any atom is -0.358 e. The molecule has 0 saturated carbocycles. The number of aromatic nitrogens is 1. The van der Waals surface area contributed by atoms with Crippen molar-refractivity contribution in [2.45, 2.75) is 6.54 Å². The summed E-state index contributed by atoms with van der Waals surface area (Å²) in [4.78, 5) is 11.3. The summed E-state index contributed by atoms with van der Waals surface area (Å²) in [5, 5.41) is 10.9. The van der Waals surface area contributed by atoms with Gasteiger partial charge in [0.2, 0.25) is 5.91 Å². The van der Waals surface area contributed by atoms with E-state index in [1.165, 1.54) is 6.21 Å². The summed E-state index contributed by atoms with van der Waals surface area (Å²) in [7, 11) is 1.62. The predicted octanol–water partition coefficient (Wildman–Crippen LogP) is 1.38. The van der Waals surface area contributed by atoms with E-state index in [9.17, 15) is 4.79 Å². The second kappa shape index (κ2) is 4.18. The van der Waals surface area contributed by atoms with Gasteiger partial charge in [0, 0.05) is 35.9 Å². The van der Waals surface area contributed by atoms with Crippen LogP contribution in [0.1, 0.15) is 5.56 Å². The lowest BCUT2D eigenvalue weighted by Gasteiger charge is -2.04. The number of amides is 1. The third-order valence-corrected chi connectivity index (χ3v) is 2.60. The van der Waals surface area contributed by atoms with Gasteiger partial charge in [0.15, 0.2) is 0 Å². The van der Waals surface area contributed by atoms with Crippen molar-refractivity contribution in [1.82, 2.24) is 9.88 Å². The van der Waals surface area contributed by atoms with E-state index in [1.54, 1.807) is 7.05 Å². The maximum atomic E-state index is 11.3. The lowest BCUT2D eigenvalue weighted by Crippen LogP contribution is -2.22. The van der Waals surface area contributed by atoms with Crippen molar-refractivity contribution in [3.05, 3.63) is 36.0 Å². The van der Waals surface area contributed by atoms with E-state index < -0.39 is 0 Å². The third-order valence-electron chi connectivity index (χ3n) is 2.60. The Morgan fingerprint density at radius 3 is 3.00 bits per heavy atom. The fraction of sp³-hybridized carbons (Fsp3) is 0.167. The van der Waals surface area contributed by atoms with E-state index in [2.05, 4.69) is 5.32 Å². The molecule has 16 heavy (non-hydrogen) atoms. The summed E-state index contributed by atoms with van der Waals surface area (Å²) < 4.78 is 1.88. The smallest absolute Gasteiger partial charge is 0.239 e. The molecule has 1 aromatic carbocycles. The summed E-state index contributed by atoms with van der Waals surface area (Å²) in [6.07, 6.45) is 3.19. The number of nitrogens with one attached hydrogen (secondary N) is 2. The number of hydrogen-bond donors (Lipinski definition) is 2. The fourth-order valence-corrected chi connectivity index (χ4v) is 1.74. The molecule has 1 amide bonds. The van der Waals surface area contributed by atoms with Crippen LogP contribution in [0.3, 0.4) is 0 Å². The van der Waals surface area contributed by atoms with Crippen LogP contribution in [0.5, 0.6) is 0 Å². The van der Waals surface area contributed by atoms with E-state index in [1.807, 2.05) is 35.0 Å². The topological polar surface area (TPSA) is 57.9 Å². The molecule has 1 heterocycles. The lowest BCUT2D eigenvalue weighted by molar-refractivity contribution is -0.121. The van der Waals surface area contributed by atoms with Crippen LogP contribution in [-0.2, 0) is 11.3 Å². The van der Waals surface area contributed by atoms with Crippen molar-refractivity contribution in [2.75, 3.05) is 7.05 Å². The number of likely N-dealkylation sites (N-methyl/N-ethyl adjacent to an activating group) is 1.